The second-order valence-electron chi connectivity index (χ2n) is 6.86. The smallest absolute Gasteiger partial charge is 0.257 e. The zero-order valence-electron chi connectivity index (χ0n) is 16.4. The molecule has 8 heteroatoms. The Morgan fingerprint density at radius 1 is 1.07 bits per heavy atom. The molecule has 0 saturated carbocycles. The average molecular weight is 413 g/mol. The van der Waals surface area contributed by atoms with Gasteiger partial charge in [-0.1, -0.05) is 17.7 Å². The number of hydrogen-bond donors (Lipinski definition) is 3. The second-order valence-corrected chi connectivity index (χ2v) is 7.74. The van der Waals surface area contributed by atoms with Gasteiger partial charge in [0.2, 0.25) is 11.8 Å². The third-order valence-electron chi connectivity index (χ3n) is 4.71. The van der Waals surface area contributed by atoms with Crippen molar-refractivity contribution in [3.63, 3.8) is 0 Å². The minimum absolute atomic E-state index is 0.0286. The number of carbonyl (C=O) groups excluding carboxylic acids is 3. The molecule has 2 aromatic rings. The normalized spacial score (nSPS) is 15.9. The Labute approximate surface area is 174 Å². The molecule has 3 N–H and O–H groups in total. The van der Waals surface area contributed by atoms with Crippen molar-refractivity contribution < 1.29 is 14.4 Å². The van der Waals surface area contributed by atoms with Crippen LogP contribution in [0.3, 0.4) is 0 Å². The van der Waals surface area contributed by atoms with Crippen molar-refractivity contribution in [2.75, 3.05) is 29.6 Å². The monoisotopic (exact) mass is 412 g/mol. The third-order valence-corrected chi connectivity index (χ3v) is 5.45. The summed E-state index contributed by atoms with van der Waals surface area (Å²) in [4.78, 5) is 39.3. The van der Waals surface area contributed by atoms with E-state index in [2.05, 4.69) is 16.2 Å². The molecule has 3 amide bonds. The van der Waals surface area contributed by atoms with Crippen molar-refractivity contribution >= 4 is 40.9 Å². The zero-order valence-corrected chi connectivity index (χ0v) is 17.2. The molecule has 0 spiro atoms. The van der Waals surface area contributed by atoms with Crippen LogP contribution in [0.1, 0.15) is 12.0 Å². The van der Waals surface area contributed by atoms with Crippen molar-refractivity contribution in [2.24, 2.45) is 5.92 Å². The molecule has 1 aliphatic rings. The third kappa shape index (κ3) is 5.51. The van der Waals surface area contributed by atoms with Crippen molar-refractivity contribution in [3.05, 3.63) is 54.1 Å². The average Bonchev–Trinajstić information content (AvgIpc) is 3.13. The van der Waals surface area contributed by atoms with Crippen molar-refractivity contribution in [1.82, 2.24) is 10.9 Å². The van der Waals surface area contributed by atoms with Crippen LogP contribution in [0.4, 0.5) is 11.4 Å². The van der Waals surface area contributed by atoms with Crippen LogP contribution < -0.4 is 21.1 Å². The van der Waals surface area contributed by atoms with E-state index >= 15 is 0 Å². The first-order chi connectivity index (χ1) is 14.0. The Balaban J connectivity index is 1.46. The van der Waals surface area contributed by atoms with Crippen LogP contribution in [-0.4, -0.2) is 37.1 Å². The predicted molar refractivity (Wildman–Crippen MR) is 115 cm³/mol. The molecule has 0 radical (unpaired) electrons. The van der Waals surface area contributed by atoms with Gasteiger partial charge in [-0.3, -0.25) is 25.2 Å². The van der Waals surface area contributed by atoms with Gasteiger partial charge in [0, 0.05) is 29.2 Å². The molecule has 1 saturated heterocycles. The summed E-state index contributed by atoms with van der Waals surface area (Å²) in [5.41, 5.74) is 7.54. The molecule has 2 aromatic carbocycles. The molecule has 1 aliphatic heterocycles. The Bertz CT molecular complexity index is 884. The van der Waals surface area contributed by atoms with Crippen LogP contribution in [0, 0.1) is 12.8 Å². The highest BCUT2D eigenvalue weighted by molar-refractivity contribution is 7.98. The maximum Gasteiger partial charge on any atom is 0.257 e. The van der Waals surface area contributed by atoms with Gasteiger partial charge in [0.1, 0.15) is 0 Å². The summed E-state index contributed by atoms with van der Waals surface area (Å²) >= 11 is 1.63. The summed E-state index contributed by atoms with van der Waals surface area (Å²) in [5, 5.41) is 2.98. The van der Waals surface area contributed by atoms with Gasteiger partial charge < -0.3 is 10.2 Å². The molecular formula is C21H24N4O3S. The molecule has 0 aromatic heterocycles. The van der Waals surface area contributed by atoms with Crippen LogP contribution in [0.15, 0.2) is 53.4 Å². The largest absolute Gasteiger partial charge is 0.376 e. The fraction of sp³-hybridized carbons (Fsp3) is 0.286. The van der Waals surface area contributed by atoms with Gasteiger partial charge in [-0.15, -0.1) is 11.8 Å². The van der Waals surface area contributed by atoms with Gasteiger partial charge >= 0.3 is 0 Å². The minimum Gasteiger partial charge on any atom is -0.376 e. The van der Waals surface area contributed by atoms with E-state index in [9.17, 15) is 14.4 Å². The van der Waals surface area contributed by atoms with Gasteiger partial charge in [-0.2, -0.15) is 0 Å². The lowest BCUT2D eigenvalue weighted by Gasteiger charge is -2.17. The van der Waals surface area contributed by atoms with E-state index in [1.807, 2.05) is 61.7 Å². The highest BCUT2D eigenvalue weighted by Gasteiger charge is 2.35. The number of nitrogens with zero attached hydrogens (tertiary/aromatic N) is 1. The summed E-state index contributed by atoms with van der Waals surface area (Å²) < 4.78 is 0. The number of nitrogens with one attached hydrogen (secondary N) is 3. The minimum atomic E-state index is -0.506. The Kier molecular flexibility index (Phi) is 6.77. The summed E-state index contributed by atoms with van der Waals surface area (Å²) in [5.74, 6) is -1.35. The van der Waals surface area contributed by atoms with E-state index in [-0.39, 0.29) is 30.7 Å². The maximum atomic E-state index is 12.4. The predicted octanol–water partition coefficient (Wildman–Crippen LogP) is 2.33. The molecule has 0 aliphatic carbocycles. The van der Waals surface area contributed by atoms with E-state index < -0.39 is 5.92 Å². The van der Waals surface area contributed by atoms with Gasteiger partial charge in [-0.25, -0.2) is 0 Å². The van der Waals surface area contributed by atoms with Gasteiger partial charge in [0.05, 0.1) is 12.5 Å². The summed E-state index contributed by atoms with van der Waals surface area (Å²) in [6.07, 6.45) is 2.11. The molecule has 29 heavy (non-hydrogen) atoms. The van der Waals surface area contributed by atoms with Gasteiger partial charge in [0.15, 0.2) is 0 Å². The van der Waals surface area contributed by atoms with Crippen LogP contribution in [0.2, 0.25) is 0 Å². The number of hydrazine groups is 1. The van der Waals surface area contributed by atoms with Crippen molar-refractivity contribution in [3.8, 4) is 0 Å². The second kappa shape index (κ2) is 9.47. The molecule has 3 rings (SSSR count). The fourth-order valence-corrected chi connectivity index (χ4v) is 3.43. The van der Waals surface area contributed by atoms with E-state index in [1.165, 1.54) is 0 Å². The molecule has 1 atom stereocenters. The first kappa shape index (κ1) is 20.7. The number of carbonyl (C=O) groups is 3. The number of hydrogen-bond acceptors (Lipinski definition) is 5. The Morgan fingerprint density at radius 2 is 1.76 bits per heavy atom. The van der Waals surface area contributed by atoms with Gasteiger partial charge in [-0.05, 0) is 49.6 Å². The molecule has 0 bridgehead atoms. The summed E-state index contributed by atoms with van der Waals surface area (Å²) in [6, 6.07) is 15.3. The van der Waals surface area contributed by atoms with Crippen LogP contribution >= 0.6 is 11.8 Å². The summed E-state index contributed by atoms with van der Waals surface area (Å²) in [6.45, 7) is 2.31. The molecule has 1 heterocycles. The summed E-state index contributed by atoms with van der Waals surface area (Å²) in [7, 11) is 0. The molecule has 7 nitrogen and oxygen atoms in total. The van der Waals surface area contributed by atoms with Gasteiger partial charge in [0.25, 0.3) is 5.91 Å². The quantitative estimate of drug-likeness (QED) is 0.500. The standard InChI is InChI=1S/C21H24N4O3S/c1-14-3-5-16(6-4-14)22-12-19(26)23-24-21(28)15-11-20(27)25(13-15)17-7-9-18(29-2)10-8-17/h3-10,15,22H,11-13H2,1-2H3,(H,23,26)(H,24,28). The van der Waals surface area contributed by atoms with E-state index in [1.54, 1.807) is 16.7 Å². The first-order valence-electron chi connectivity index (χ1n) is 9.30. The van der Waals surface area contributed by atoms with Crippen molar-refractivity contribution in [2.45, 2.75) is 18.2 Å². The van der Waals surface area contributed by atoms with Crippen LogP contribution in [0.5, 0.6) is 0 Å². The fourth-order valence-electron chi connectivity index (χ4n) is 3.03. The molecule has 1 unspecified atom stereocenters. The molecule has 152 valence electrons. The van der Waals surface area contributed by atoms with E-state index in [0.29, 0.717) is 6.54 Å². The number of benzene rings is 2. The number of rotatable bonds is 6. The number of aryl methyl sites for hydroxylation is 1. The van der Waals surface area contributed by atoms with Crippen LogP contribution in [-0.2, 0) is 14.4 Å². The van der Waals surface area contributed by atoms with Crippen LogP contribution in [0.25, 0.3) is 0 Å². The number of anilines is 2. The van der Waals surface area contributed by atoms with E-state index in [0.717, 1.165) is 21.8 Å². The molecule has 1 fully saturated rings. The first-order valence-corrected chi connectivity index (χ1v) is 10.5. The highest BCUT2D eigenvalue weighted by Crippen LogP contribution is 2.27. The Morgan fingerprint density at radius 3 is 2.41 bits per heavy atom. The number of thioether (sulfide) groups is 1. The number of amides is 3. The lowest BCUT2D eigenvalue weighted by molar-refractivity contribution is -0.130. The molecular weight excluding hydrogens is 388 g/mol. The lowest BCUT2D eigenvalue weighted by Crippen LogP contribution is -2.47. The van der Waals surface area contributed by atoms with Crippen molar-refractivity contribution in [1.29, 1.82) is 0 Å². The maximum absolute atomic E-state index is 12.4. The highest BCUT2D eigenvalue weighted by atomic mass is 32.2. The SMILES string of the molecule is CSc1ccc(N2CC(C(=O)NNC(=O)CNc3ccc(C)cc3)CC2=O)cc1. The lowest BCUT2D eigenvalue weighted by atomic mass is 10.1. The topological polar surface area (TPSA) is 90.5 Å². The zero-order chi connectivity index (χ0) is 20.8. The van der Waals surface area contributed by atoms with E-state index in [4.69, 9.17) is 0 Å². The Hall–Kier alpha value is -3.00.